The maximum atomic E-state index is 12.9. The number of nitrogens with zero attached hydrogens (tertiary/aromatic N) is 9. The van der Waals surface area contributed by atoms with Gasteiger partial charge in [0.25, 0.3) is 0 Å². The van der Waals surface area contributed by atoms with Crippen LogP contribution < -0.4 is 36.1 Å². The molecule has 2 aliphatic heterocycles. The van der Waals surface area contributed by atoms with E-state index in [1.54, 1.807) is 54.2 Å². The monoisotopic (exact) mass is 1290 g/mol. The van der Waals surface area contributed by atoms with Crippen molar-refractivity contribution in [1.29, 1.82) is 0 Å². The second-order valence-corrected chi connectivity index (χ2v) is 28.3. The summed E-state index contributed by atoms with van der Waals surface area (Å²) in [4.78, 5) is 20.2. The summed E-state index contributed by atoms with van der Waals surface area (Å²) in [5.74, 6) is 3.61. The van der Waals surface area contributed by atoms with Gasteiger partial charge in [-0.15, -0.1) is 0 Å². The lowest BCUT2D eigenvalue weighted by molar-refractivity contribution is 0.164. The zero-order valence-electron chi connectivity index (χ0n) is 48.2. The van der Waals surface area contributed by atoms with E-state index in [1.165, 1.54) is 38.4 Å². The van der Waals surface area contributed by atoms with Crippen LogP contribution in [0, 0.1) is 13.8 Å². The maximum absolute atomic E-state index is 12.9. The molecule has 6 heterocycles. The Morgan fingerprint density at radius 2 is 1.05 bits per heavy atom. The van der Waals surface area contributed by atoms with Gasteiger partial charge in [0.15, 0.2) is 11.6 Å². The van der Waals surface area contributed by atoms with Crippen molar-refractivity contribution in [2.24, 2.45) is 14.1 Å². The molecule has 27 heteroatoms. The van der Waals surface area contributed by atoms with Crippen molar-refractivity contribution in [3.63, 3.8) is 0 Å². The zero-order valence-corrected chi connectivity index (χ0v) is 52.9. The van der Waals surface area contributed by atoms with E-state index in [4.69, 9.17) is 37.8 Å². The van der Waals surface area contributed by atoms with E-state index in [0.29, 0.717) is 34.7 Å². The van der Waals surface area contributed by atoms with Crippen molar-refractivity contribution in [3.05, 3.63) is 81.4 Å². The molecule has 0 radical (unpaired) electrons. The Morgan fingerprint density at radius 3 is 1.42 bits per heavy atom. The largest absolute Gasteiger partial charge is 0.488 e. The van der Waals surface area contributed by atoms with E-state index >= 15 is 0 Å². The molecule has 83 heavy (non-hydrogen) atoms. The molecule has 452 valence electrons. The molecule has 0 bridgehead atoms. The first-order chi connectivity index (χ1) is 39.6. The number of rotatable bonds is 21. The third-order valence-corrected chi connectivity index (χ3v) is 19.6. The Hall–Kier alpha value is -5.38. The first-order valence-electron chi connectivity index (χ1n) is 28.1. The number of likely N-dealkylation sites (tertiary alicyclic amines) is 1. The van der Waals surface area contributed by atoms with Crippen LogP contribution in [-0.4, -0.2) is 145 Å². The van der Waals surface area contributed by atoms with E-state index < -0.39 is 30.2 Å². The van der Waals surface area contributed by atoms with Crippen molar-refractivity contribution in [1.82, 2.24) is 49.7 Å². The van der Waals surface area contributed by atoms with Crippen LogP contribution in [0.1, 0.15) is 113 Å². The first kappa shape index (κ1) is 63.6. The van der Waals surface area contributed by atoms with Gasteiger partial charge in [0.1, 0.15) is 21.5 Å². The molecule has 0 amide bonds. The number of nitrogens with one attached hydrogen (secondary N) is 5. The van der Waals surface area contributed by atoms with Crippen LogP contribution in [0.4, 0.5) is 46.3 Å². The van der Waals surface area contributed by atoms with E-state index in [-0.39, 0.29) is 62.8 Å². The van der Waals surface area contributed by atoms with E-state index in [9.17, 15) is 21.9 Å². The molecule has 4 aromatic heterocycles. The Labute approximate surface area is 505 Å². The molecule has 2 aromatic carbocycles. The topological polar surface area (TPSA) is 278 Å². The van der Waals surface area contributed by atoms with E-state index in [1.807, 2.05) is 0 Å². The van der Waals surface area contributed by atoms with Crippen molar-refractivity contribution in [3.8, 4) is 11.5 Å². The number of aliphatic hydroxyl groups is 2. The smallest absolute Gasteiger partial charge is 0.229 e. The minimum atomic E-state index is -3.64. The molecule has 0 unspecified atom stereocenters. The van der Waals surface area contributed by atoms with Gasteiger partial charge in [-0.1, -0.05) is 39.1 Å². The van der Waals surface area contributed by atoms with Gasteiger partial charge in [0.2, 0.25) is 41.6 Å². The highest BCUT2D eigenvalue weighted by molar-refractivity contribution is 9.09. The van der Waals surface area contributed by atoms with Crippen LogP contribution >= 0.6 is 39.1 Å². The Bertz CT molecular complexity index is 3420. The summed E-state index contributed by atoms with van der Waals surface area (Å²) >= 11 is 15.8. The van der Waals surface area contributed by atoms with Crippen molar-refractivity contribution < 1.29 is 36.5 Å². The fraction of sp³-hybridized carbons (Fsp3) is 0.536. The number of anilines is 8. The van der Waals surface area contributed by atoms with E-state index in [2.05, 4.69) is 116 Å². The number of aryl methyl sites for hydroxylation is 4. The molecule has 10 rings (SSSR count). The molecule has 4 fully saturated rings. The molecule has 6 aromatic rings. The Morgan fingerprint density at radius 1 is 0.639 bits per heavy atom. The van der Waals surface area contributed by atoms with E-state index in [0.717, 1.165) is 113 Å². The zero-order chi connectivity index (χ0) is 59.8. The number of sulfone groups is 2. The quantitative estimate of drug-likeness (QED) is 0.0330. The summed E-state index contributed by atoms with van der Waals surface area (Å²) in [5.41, 5.74) is 7.07. The van der Waals surface area contributed by atoms with Gasteiger partial charge in [-0.2, -0.15) is 20.2 Å². The van der Waals surface area contributed by atoms with Crippen LogP contribution in [0.3, 0.4) is 0 Å². The second kappa shape index (κ2) is 28.2. The van der Waals surface area contributed by atoms with Gasteiger partial charge in [-0.05, 0) is 177 Å². The van der Waals surface area contributed by atoms with Gasteiger partial charge in [0, 0.05) is 38.4 Å². The number of alkyl halides is 1. The van der Waals surface area contributed by atoms with Gasteiger partial charge >= 0.3 is 0 Å². The van der Waals surface area contributed by atoms with Gasteiger partial charge in [0.05, 0.1) is 71.1 Å². The molecule has 0 atom stereocenters. The average Bonchev–Trinajstić information content (AvgIpc) is 4.51. The highest BCUT2D eigenvalue weighted by Gasteiger charge is 2.32. The number of β-amino-alcohol motifs (C(OH)–C–C–N with tert-alkyl or cyclic N) is 1. The summed E-state index contributed by atoms with van der Waals surface area (Å²) in [6.07, 6.45) is 15.0. The molecule has 22 nitrogen and oxygen atoms in total. The Balaban J connectivity index is 0.000000204. The lowest BCUT2D eigenvalue weighted by Gasteiger charge is -2.32. The molecule has 4 aliphatic rings. The average molecular weight is 1290 g/mol. The van der Waals surface area contributed by atoms with Crippen LogP contribution in [0.2, 0.25) is 10.0 Å². The number of halogens is 3. The molecular weight excluding hydrogens is 1210 g/mol. The van der Waals surface area contributed by atoms with Gasteiger partial charge in [-0.25, -0.2) is 26.8 Å². The van der Waals surface area contributed by atoms with Gasteiger partial charge in [-0.3, -0.25) is 9.36 Å². The minimum Gasteiger partial charge on any atom is -0.488 e. The number of hydrogen-bond donors (Lipinski definition) is 7. The van der Waals surface area contributed by atoms with Crippen LogP contribution in [0.15, 0.2) is 59.1 Å². The lowest BCUT2D eigenvalue weighted by atomic mass is 9.86. The number of aromatic nitrogens is 8. The number of ether oxygens (including phenoxy) is 2. The molecule has 2 aliphatic carbocycles. The van der Waals surface area contributed by atoms with Crippen LogP contribution in [0.5, 0.6) is 11.5 Å². The lowest BCUT2D eigenvalue weighted by Crippen LogP contribution is -2.35. The fourth-order valence-corrected chi connectivity index (χ4v) is 12.1. The summed E-state index contributed by atoms with van der Waals surface area (Å²) < 4.78 is 66.9. The highest BCUT2D eigenvalue weighted by atomic mass is 79.9. The molecule has 0 spiro atoms. The highest BCUT2D eigenvalue weighted by Crippen LogP contribution is 2.42. The van der Waals surface area contributed by atoms with Gasteiger partial charge < -0.3 is 51.2 Å². The standard InChI is InChI=1S/C28H38ClN7O4S.C26H34ClN7O3S.C2H5BrO/c1-17(2)41(38,39)27-24(16-35(4)34-27)31-26-22(29)15-30-28(33-26)32-23-13-18(3)21(14-25(23)40-20-5-6-20)19-7-9-36(10-8-19)11-12-37;1-15(2)38(35,36)25-22(14-34(4)33-25)30-24-20(27)13-29-26(32-24)31-21-11-16(3)19(17-7-9-28-10-8-17)12-23(21)37-18-5-6-18;3-1-2-4/h13-17,19-20,37H,5-12H2,1-4H3,(H2,30,31,32,33);11-15,17-18,28H,5-10H2,1-4H3,(H2,29,30,31,32);4H,1-2H2. The van der Waals surface area contributed by atoms with Crippen molar-refractivity contribution in [2.45, 2.75) is 138 Å². The number of piperidine rings is 2. The Kier molecular flexibility index (Phi) is 21.6. The normalized spacial score (nSPS) is 16.2. The first-order valence-corrected chi connectivity index (χ1v) is 33.1. The summed E-state index contributed by atoms with van der Waals surface area (Å²) in [7, 11) is -3.95. The number of aliphatic hydroxyl groups excluding tert-OH is 2. The maximum Gasteiger partial charge on any atom is 0.229 e. The molecule has 2 saturated carbocycles. The minimum absolute atomic E-state index is 0.0524. The SMILES string of the molecule is Cc1cc(Nc2ncc(Cl)c(Nc3cn(C)nc3S(=O)(=O)C(C)C)n2)c(OC2CC2)cc1C1CCN(CCO)CC1.Cc1cc(Nc2ncc(Cl)c(Nc3cn(C)nc3S(=O)(=O)C(C)C)n2)c(OC2CC2)cc1C1CCNCC1.OCCBr. The summed E-state index contributed by atoms with van der Waals surface area (Å²) in [6, 6.07) is 8.48. The van der Waals surface area contributed by atoms with Crippen LogP contribution in [-0.2, 0) is 33.8 Å². The molecular formula is C56H77BrCl2N14O8S2. The molecule has 2 saturated heterocycles. The predicted octanol–water partition coefficient (Wildman–Crippen LogP) is 9.78. The third kappa shape index (κ3) is 16.5. The predicted molar refractivity (Wildman–Crippen MR) is 329 cm³/mol. The summed E-state index contributed by atoms with van der Waals surface area (Å²) in [6.45, 7) is 15.8. The summed E-state index contributed by atoms with van der Waals surface area (Å²) in [5, 5.41) is 41.4. The van der Waals surface area contributed by atoms with Crippen LogP contribution in [0.25, 0.3) is 0 Å². The molecule has 7 N–H and O–H groups in total. The van der Waals surface area contributed by atoms with Crippen molar-refractivity contribution in [2.75, 3.05) is 72.5 Å². The third-order valence-electron chi connectivity index (χ3n) is 14.5. The number of benzene rings is 2. The fourth-order valence-electron chi connectivity index (χ4n) is 9.65. The van der Waals surface area contributed by atoms with Crippen molar-refractivity contribution >= 4 is 105 Å². The second-order valence-electron chi connectivity index (χ2n) is 21.8. The number of hydrogen-bond acceptors (Lipinski definition) is 20.